The smallest absolute Gasteiger partial charge is 0.255 e. The lowest BCUT2D eigenvalue weighted by atomic mass is 9.91. The molecule has 0 aromatic heterocycles. The van der Waals surface area contributed by atoms with E-state index in [0.717, 1.165) is 5.56 Å². The minimum atomic E-state index is -4.10. The molecule has 2 aromatic rings. The third kappa shape index (κ3) is 9.40. The van der Waals surface area contributed by atoms with Crippen molar-refractivity contribution in [2.75, 3.05) is 26.9 Å². The largest absolute Gasteiger partial charge is 0.454 e. The van der Waals surface area contributed by atoms with E-state index in [0.29, 0.717) is 11.5 Å². The van der Waals surface area contributed by atoms with Gasteiger partial charge >= 0.3 is 0 Å². The number of ether oxygens (including phenoxy) is 2. The van der Waals surface area contributed by atoms with Gasteiger partial charge in [-0.05, 0) is 49.4 Å². The number of fused-ring (bicyclic) bond motifs is 1. The number of sulfonamides is 1. The van der Waals surface area contributed by atoms with Gasteiger partial charge in [0.05, 0.1) is 23.1 Å². The summed E-state index contributed by atoms with van der Waals surface area (Å²) < 4.78 is 39.8. The van der Waals surface area contributed by atoms with Crippen LogP contribution in [0.4, 0.5) is 0 Å². The van der Waals surface area contributed by atoms with Gasteiger partial charge in [0.25, 0.3) is 5.91 Å². The fraction of sp³-hybridized carbons (Fsp3) is 0.548. The molecule has 0 unspecified atom stereocenters. The van der Waals surface area contributed by atoms with Gasteiger partial charge in [-0.2, -0.15) is 4.31 Å². The lowest BCUT2D eigenvalue weighted by molar-refractivity contribution is -0.150. The zero-order valence-electron chi connectivity index (χ0n) is 26.2. The van der Waals surface area contributed by atoms with Gasteiger partial charge in [-0.25, -0.2) is 13.4 Å². The average Bonchev–Trinajstić information content (AvgIpc) is 3.41. The topological polar surface area (TPSA) is 138 Å². The van der Waals surface area contributed by atoms with Gasteiger partial charge in [0.15, 0.2) is 11.5 Å². The van der Waals surface area contributed by atoms with E-state index in [1.165, 1.54) is 21.4 Å². The fourth-order valence-corrected chi connectivity index (χ4v) is 6.30. The maximum atomic E-state index is 13.9. The molecule has 3 rings (SSSR count). The van der Waals surface area contributed by atoms with Gasteiger partial charge in [0, 0.05) is 25.6 Å². The molecule has 2 aromatic carbocycles. The Labute approximate surface area is 255 Å². The number of aliphatic hydroxyl groups excluding tert-OH is 1. The molecule has 0 radical (unpaired) electrons. The first-order valence-corrected chi connectivity index (χ1v) is 16.0. The van der Waals surface area contributed by atoms with Crippen molar-refractivity contribution >= 4 is 21.8 Å². The number of likely N-dealkylation sites (N-methyl/N-ethyl adjacent to an activating group) is 1. The molecule has 1 aliphatic heterocycles. The molecule has 43 heavy (non-hydrogen) atoms. The van der Waals surface area contributed by atoms with E-state index in [2.05, 4.69) is 10.7 Å². The minimum absolute atomic E-state index is 0.000946. The highest BCUT2D eigenvalue weighted by Gasteiger charge is 2.37. The summed E-state index contributed by atoms with van der Waals surface area (Å²) in [6.45, 7) is 11.0. The molecule has 12 heteroatoms. The Morgan fingerprint density at radius 1 is 1.00 bits per heavy atom. The molecule has 0 fully saturated rings. The number of nitrogens with zero attached hydrogens (tertiary/aromatic N) is 2. The Morgan fingerprint density at radius 2 is 1.65 bits per heavy atom. The monoisotopic (exact) mass is 618 g/mol. The Hall–Kier alpha value is -3.19. The van der Waals surface area contributed by atoms with Crippen LogP contribution in [0, 0.1) is 11.3 Å². The van der Waals surface area contributed by atoms with Crippen molar-refractivity contribution in [3.05, 3.63) is 54.1 Å². The number of amides is 2. The summed E-state index contributed by atoms with van der Waals surface area (Å²) in [5.74, 6) is -0.135. The second kappa shape index (κ2) is 14.5. The summed E-state index contributed by atoms with van der Waals surface area (Å²) in [5, 5.41) is 15.9. The quantitative estimate of drug-likeness (QED) is 0.292. The van der Waals surface area contributed by atoms with Crippen molar-refractivity contribution in [1.29, 1.82) is 0 Å². The highest BCUT2D eigenvalue weighted by Crippen LogP contribution is 2.35. The average molecular weight is 619 g/mol. The fourth-order valence-electron chi connectivity index (χ4n) is 4.67. The molecule has 0 aliphatic carbocycles. The Bertz CT molecular complexity index is 1350. The lowest BCUT2D eigenvalue weighted by Gasteiger charge is -2.38. The molecule has 1 aliphatic rings. The van der Waals surface area contributed by atoms with Gasteiger partial charge in [0.2, 0.25) is 22.7 Å². The molecule has 11 nitrogen and oxygen atoms in total. The zero-order chi connectivity index (χ0) is 31.9. The number of hydrogen-bond acceptors (Lipinski definition) is 8. The first-order valence-electron chi connectivity index (χ1n) is 14.5. The van der Waals surface area contributed by atoms with Crippen LogP contribution in [0.3, 0.4) is 0 Å². The zero-order valence-corrected chi connectivity index (χ0v) is 27.0. The van der Waals surface area contributed by atoms with Gasteiger partial charge in [-0.15, -0.1) is 0 Å². The number of nitrogens with one attached hydrogen (secondary N) is 2. The third-order valence-corrected chi connectivity index (χ3v) is 8.84. The number of rotatable bonds is 13. The standard InChI is InChI=1S/C31H46N4O7S/c1-21(2)18-34(43(39,40)24-13-14-27-28(16-24)42-20-41-27)19-26(36)25(15-23-11-9-8-10-12-23)35(29(37)17-31(4,5)6)33-30(38)22(3)32-7/h8-14,16,21-22,25-26,32,36H,15,17-20H2,1-7H3,(H,33,38)/t22-,25-,26+/m0/s1. The van der Waals surface area contributed by atoms with Crippen LogP contribution in [0.1, 0.15) is 53.5 Å². The molecule has 238 valence electrons. The molecule has 2 amide bonds. The normalized spacial score (nSPS) is 15.3. The maximum absolute atomic E-state index is 13.9. The second-order valence-corrected chi connectivity index (χ2v) is 14.5. The SMILES string of the molecule is CN[C@@H](C)C(=O)NN(C(=O)CC(C)(C)C)[C@@H](Cc1ccccc1)[C@H](O)CN(CC(C)C)S(=O)(=O)c1ccc2c(c1)OCO2. The van der Waals surface area contributed by atoms with Crippen LogP contribution >= 0.6 is 0 Å². The minimum Gasteiger partial charge on any atom is -0.454 e. The van der Waals surface area contributed by atoms with Gasteiger partial charge in [-0.1, -0.05) is 65.0 Å². The van der Waals surface area contributed by atoms with Crippen LogP contribution < -0.4 is 20.2 Å². The summed E-state index contributed by atoms with van der Waals surface area (Å²) in [7, 11) is -2.47. The number of aliphatic hydroxyl groups is 1. The number of hydrazine groups is 1. The third-order valence-electron chi connectivity index (χ3n) is 7.01. The summed E-state index contributed by atoms with van der Waals surface area (Å²) in [6.07, 6.45) is -1.10. The molecule has 0 saturated heterocycles. The van der Waals surface area contributed by atoms with Gasteiger partial charge < -0.3 is 19.9 Å². The van der Waals surface area contributed by atoms with Crippen molar-refractivity contribution in [2.24, 2.45) is 11.3 Å². The van der Waals surface area contributed by atoms with Crippen molar-refractivity contribution in [1.82, 2.24) is 20.1 Å². The predicted octanol–water partition coefficient (Wildman–Crippen LogP) is 2.94. The number of carbonyl (C=O) groups excluding carboxylic acids is 2. The summed E-state index contributed by atoms with van der Waals surface area (Å²) in [4.78, 5) is 26.8. The lowest BCUT2D eigenvalue weighted by Crippen LogP contribution is -2.61. The maximum Gasteiger partial charge on any atom is 0.255 e. The number of benzene rings is 2. The molecular formula is C31H46N4O7S. The van der Waals surface area contributed by atoms with Crippen LogP contribution in [-0.4, -0.2) is 79.8 Å². The Morgan fingerprint density at radius 3 is 2.26 bits per heavy atom. The molecule has 0 saturated carbocycles. The highest BCUT2D eigenvalue weighted by atomic mass is 32.2. The van der Waals surface area contributed by atoms with Crippen molar-refractivity contribution < 1.29 is 32.6 Å². The van der Waals surface area contributed by atoms with E-state index in [4.69, 9.17) is 9.47 Å². The van der Waals surface area contributed by atoms with Crippen LogP contribution in [-0.2, 0) is 26.0 Å². The molecule has 1 heterocycles. The van der Waals surface area contributed by atoms with E-state index in [1.54, 1.807) is 20.0 Å². The van der Waals surface area contributed by atoms with Crippen molar-refractivity contribution in [3.63, 3.8) is 0 Å². The summed E-state index contributed by atoms with van der Waals surface area (Å²) in [5.41, 5.74) is 3.12. The first-order chi connectivity index (χ1) is 20.1. The van der Waals surface area contributed by atoms with Gasteiger partial charge in [0.1, 0.15) is 0 Å². The van der Waals surface area contributed by atoms with E-state index in [9.17, 15) is 23.1 Å². The van der Waals surface area contributed by atoms with Crippen molar-refractivity contribution in [2.45, 2.75) is 77.5 Å². The van der Waals surface area contributed by atoms with Gasteiger partial charge in [-0.3, -0.25) is 15.0 Å². The molecule has 0 bridgehead atoms. The van der Waals surface area contributed by atoms with Crippen LogP contribution in [0.2, 0.25) is 0 Å². The summed E-state index contributed by atoms with van der Waals surface area (Å²) in [6, 6.07) is 12.1. The Balaban J connectivity index is 2.03. The van der Waals surface area contributed by atoms with E-state index in [-0.39, 0.29) is 43.5 Å². The number of hydrogen-bond donors (Lipinski definition) is 3. The molecular weight excluding hydrogens is 572 g/mol. The second-order valence-electron chi connectivity index (χ2n) is 12.5. The van der Waals surface area contributed by atoms with Crippen LogP contribution in [0.15, 0.2) is 53.4 Å². The summed E-state index contributed by atoms with van der Waals surface area (Å²) >= 11 is 0. The van der Waals surface area contributed by atoms with Crippen LogP contribution in [0.5, 0.6) is 11.5 Å². The molecule has 3 N–H and O–H groups in total. The van der Waals surface area contributed by atoms with E-state index >= 15 is 0 Å². The first kappa shape index (κ1) is 34.3. The predicted molar refractivity (Wildman–Crippen MR) is 164 cm³/mol. The highest BCUT2D eigenvalue weighted by molar-refractivity contribution is 7.89. The number of carbonyl (C=O) groups is 2. The van der Waals surface area contributed by atoms with Crippen LogP contribution in [0.25, 0.3) is 0 Å². The van der Waals surface area contributed by atoms with E-state index < -0.39 is 45.4 Å². The molecule has 0 spiro atoms. The van der Waals surface area contributed by atoms with Crippen molar-refractivity contribution in [3.8, 4) is 11.5 Å². The molecule has 3 atom stereocenters. The van der Waals surface area contributed by atoms with E-state index in [1.807, 2.05) is 65.0 Å². The Kier molecular flexibility index (Phi) is 11.6.